The highest BCUT2D eigenvalue weighted by Crippen LogP contribution is 2.18. The van der Waals surface area contributed by atoms with Crippen molar-refractivity contribution < 1.29 is 28.6 Å². The van der Waals surface area contributed by atoms with E-state index in [1.807, 2.05) is 0 Å². The molecule has 0 heterocycles. The van der Waals surface area contributed by atoms with Gasteiger partial charge in [0, 0.05) is 19.3 Å². The van der Waals surface area contributed by atoms with Crippen LogP contribution in [0.1, 0.15) is 367 Å². The van der Waals surface area contributed by atoms with Gasteiger partial charge < -0.3 is 14.2 Å². The number of allylic oxidation sites excluding steroid dienone is 6. The Balaban J connectivity index is 4.01. The van der Waals surface area contributed by atoms with Gasteiger partial charge in [0.05, 0.1) is 0 Å². The molecule has 0 aromatic rings. The van der Waals surface area contributed by atoms with Crippen LogP contribution in [-0.2, 0) is 28.6 Å². The van der Waals surface area contributed by atoms with E-state index in [1.54, 1.807) is 0 Å². The summed E-state index contributed by atoms with van der Waals surface area (Å²) in [5.41, 5.74) is 0. The summed E-state index contributed by atoms with van der Waals surface area (Å²) < 4.78 is 16.9. The molecule has 0 N–H and O–H groups in total. The lowest BCUT2D eigenvalue weighted by molar-refractivity contribution is -0.167. The molecule has 1 unspecified atom stereocenters. The second-order valence-electron chi connectivity index (χ2n) is 22.7. The lowest BCUT2D eigenvalue weighted by Gasteiger charge is -2.18. The summed E-state index contributed by atoms with van der Waals surface area (Å²) in [6.45, 7) is 6.61. The van der Waals surface area contributed by atoms with Gasteiger partial charge in [-0.3, -0.25) is 14.4 Å². The summed E-state index contributed by atoms with van der Waals surface area (Å²) in [6.07, 6.45) is 79.0. The van der Waals surface area contributed by atoms with E-state index in [-0.39, 0.29) is 31.1 Å². The monoisotopic (exact) mass is 1050 g/mol. The van der Waals surface area contributed by atoms with E-state index in [4.69, 9.17) is 14.2 Å². The van der Waals surface area contributed by atoms with Crippen molar-refractivity contribution >= 4 is 17.9 Å². The zero-order chi connectivity index (χ0) is 54.3. The molecule has 0 aromatic carbocycles. The molecule has 0 aliphatic carbocycles. The Morgan fingerprint density at radius 1 is 0.267 bits per heavy atom. The molecule has 0 rings (SSSR count). The first-order valence-electron chi connectivity index (χ1n) is 33.5. The highest BCUT2D eigenvalue weighted by atomic mass is 16.6. The predicted octanol–water partition coefficient (Wildman–Crippen LogP) is 22.8. The molecule has 0 bridgehead atoms. The molecule has 0 spiro atoms. The summed E-state index contributed by atoms with van der Waals surface area (Å²) in [7, 11) is 0. The van der Waals surface area contributed by atoms with Crippen LogP contribution < -0.4 is 0 Å². The molecule has 0 fully saturated rings. The molecule has 75 heavy (non-hydrogen) atoms. The van der Waals surface area contributed by atoms with Crippen molar-refractivity contribution in [2.45, 2.75) is 374 Å². The molecule has 0 saturated carbocycles. The van der Waals surface area contributed by atoms with E-state index < -0.39 is 6.10 Å². The molecule has 0 saturated heterocycles. The van der Waals surface area contributed by atoms with Crippen LogP contribution >= 0.6 is 0 Å². The number of carbonyl (C=O) groups excluding carboxylic acids is 3. The third-order valence-electron chi connectivity index (χ3n) is 15.1. The van der Waals surface area contributed by atoms with Crippen LogP contribution in [0.15, 0.2) is 36.5 Å². The lowest BCUT2D eigenvalue weighted by Crippen LogP contribution is -2.30. The Hall–Kier alpha value is -2.37. The van der Waals surface area contributed by atoms with Crippen molar-refractivity contribution in [2.24, 2.45) is 0 Å². The molecule has 6 heteroatoms. The van der Waals surface area contributed by atoms with Gasteiger partial charge in [0.15, 0.2) is 6.10 Å². The maximum Gasteiger partial charge on any atom is 0.306 e. The summed E-state index contributed by atoms with van der Waals surface area (Å²) in [5, 5.41) is 0. The van der Waals surface area contributed by atoms with Crippen molar-refractivity contribution in [3.8, 4) is 0 Å². The third kappa shape index (κ3) is 62.4. The fourth-order valence-corrected chi connectivity index (χ4v) is 10.1. The second-order valence-corrected chi connectivity index (χ2v) is 22.7. The van der Waals surface area contributed by atoms with Crippen LogP contribution in [0.5, 0.6) is 0 Å². The minimum Gasteiger partial charge on any atom is -0.462 e. The lowest BCUT2D eigenvalue weighted by atomic mass is 10.0. The number of esters is 3. The Bertz CT molecular complexity index is 1250. The van der Waals surface area contributed by atoms with Crippen LogP contribution in [0.25, 0.3) is 0 Å². The zero-order valence-electron chi connectivity index (χ0n) is 50.6. The number of carbonyl (C=O) groups is 3. The van der Waals surface area contributed by atoms with Gasteiger partial charge in [0.1, 0.15) is 13.2 Å². The average molecular weight is 1050 g/mol. The number of ether oxygens (including phenoxy) is 3. The van der Waals surface area contributed by atoms with Gasteiger partial charge in [-0.25, -0.2) is 0 Å². The van der Waals surface area contributed by atoms with Crippen LogP contribution in [-0.4, -0.2) is 37.2 Å². The number of rotatable bonds is 62. The number of unbranched alkanes of at least 4 members (excludes halogenated alkanes) is 45. The first kappa shape index (κ1) is 72.6. The van der Waals surface area contributed by atoms with Crippen LogP contribution in [0, 0.1) is 0 Å². The van der Waals surface area contributed by atoms with Gasteiger partial charge in [0.25, 0.3) is 0 Å². The topological polar surface area (TPSA) is 78.9 Å². The standard InChI is InChI=1S/C69H128O6/c1-4-7-10-13-16-19-22-24-26-27-28-29-30-31-32-33-34-35-36-37-38-39-40-41-42-43-44-46-47-50-53-56-59-62-68(71)74-65-66(64-73-67(70)61-58-55-52-49-21-18-15-12-9-6-3)75-69(72)63-60-57-54-51-48-45-25-23-20-17-14-11-8-5-2/h12,15,22,24,27-28,66H,4-11,13-14,16-21,23,25-26,29-65H2,1-3H3/b15-12-,24-22-,28-27-. The molecule has 6 nitrogen and oxygen atoms in total. The Kier molecular flexibility index (Phi) is 62.1. The average Bonchev–Trinajstić information content (AvgIpc) is 3.41. The van der Waals surface area contributed by atoms with Gasteiger partial charge in [-0.15, -0.1) is 0 Å². The summed E-state index contributed by atoms with van der Waals surface area (Å²) >= 11 is 0. The fourth-order valence-electron chi connectivity index (χ4n) is 10.1. The SMILES string of the molecule is CCC/C=C\CCCCCCCC(=O)OCC(COC(=O)CCCCCCCCCCCCCCCCCCCCCCC/C=C\C/C=C\CCCCCCC)OC(=O)CCCCCCCCCCCCCCCC. The molecule has 0 aliphatic rings. The normalized spacial score (nSPS) is 12.2. The van der Waals surface area contributed by atoms with E-state index in [9.17, 15) is 14.4 Å². The largest absolute Gasteiger partial charge is 0.462 e. The van der Waals surface area contributed by atoms with Gasteiger partial charge in [0.2, 0.25) is 0 Å². The van der Waals surface area contributed by atoms with Crippen LogP contribution in [0.3, 0.4) is 0 Å². The number of hydrogen-bond donors (Lipinski definition) is 0. The van der Waals surface area contributed by atoms with Crippen LogP contribution in [0.2, 0.25) is 0 Å². The molecular weight excluding hydrogens is 925 g/mol. The summed E-state index contributed by atoms with van der Waals surface area (Å²) in [5.74, 6) is -0.857. The molecular formula is C69H128O6. The van der Waals surface area contributed by atoms with Crippen molar-refractivity contribution in [1.82, 2.24) is 0 Å². The maximum atomic E-state index is 12.8. The second kappa shape index (κ2) is 64.2. The quantitative estimate of drug-likeness (QED) is 0.0261. The smallest absolute Gasteiger partial charge is 0.306 e. The van der Waals surface area contributed by atoms with E-state index in [0.29, 0.717) is 19.3 Å². The molecule has 0 amide bonds. The highest BCUT2D eigenvalue weighted by molar-refractivity contribution is 5.71. The molecule has 440 valence electrons. The zero-order valence-corrected chi connectivity index (χ0v) is 50.6. The van der Waals surface area contributed by atoms with Crippen molar-refractivity contribution in [1.29, 1.82) is 0 Å². The van der Waals surface area contributed by atoms with Crippen LogP contribution in [0.4, 0.5) is 0 Å². The Morgan fingerprint density at radius 2 is 0.507 bits per heavy atom. The Morgan fingerprint density at radius 3 is 0.800 bits per heavy atom. The molecule has 0 aliphatic heterocycles. The molecule has 1 atom stereocenters. The van der Waals surface area contributed by atoms with E-state index in [1.165, 1.54) is 250 Å². The summed E-state index contributed by atoms with van der Waals surface area (Å²) in [4.78, 5) is 38.1. The maximum absolute atomic E-state index is 12.8. The Labute approximate surface area is 467 Å². The van der Waals surface area contributed by atoms with E-state index in [0.717, 1.165) is 77.0 Å². The van der Waals surface area contributed by atoms with E-state index in [2.05, 4.69) is 57.2 Å². The van der Waals surface area contributed by atoms with Crippen molar-refractivity contribution in [2.75, 3.05) is 13.2 Å². The van der Waals surface area contributed by atoms with Crippen molar-refractivity contribution in [3.63, 3.8) is 0 Å². The van der Waals surface area contributed by atoms with Crippen molar-refractivity contribution in [3.05, 3.63) is 36.5 Å². The number of hydrogen-bond acceptors (Lipinski definition) is 6. The minimum absolute atomic E-state index is 0.0689. The molecule has 0 aromatic heterocycles. The predicted molar refractivity (Wildman–Crippen MR) is 326 cm³/mol. The van der Waals surface area contributed by atoms with Gasteiger partial charge in [-0.05, 0) is 70.6 Å². The van der Waals surface area contributed by atoms with Gasteiger partial charge in [-0.2, -0.15) is 0 Å². The highest BCUT2D eigenvalue weighted by Gasteiger charge is 2.19. The van der Waals surface area contributed by atoms with E-state index >= 15 is 0 Å². The molecule has 0 radical (unpaired) electrons. The minimum atomic E-state index is -0.770. The third-order valence-corrected chi connectivity index (χ3v) is 15.1. The fraction of sp³-hybridized carbons (Fsp3) is 0.870. The van der Waals surface area contributed by atoms with Gasteiger partial charge >= 0.3 is 17.9 Å². The van der Waals surface area contributed by atoms with Gasteiger partial charge in [-0.1, -0.05) is 314 Å². The first-order valence-corrected chi connectivity index (χ1v) is 33.5. The summed E-state index contributed by atoms with van der Waals surface area (Å²) in [6, 6.07) is 0. The first-order chi connectivity index (χ1) is 37.0.